The average Bonchev–Trinajstić information content (AvgIpc) is 2.89. The summed E-state index contributed by atoms with van der Waals surface area (Å²) >= 11 is 3.47. The summed E-state index contributed by atoms with van der Waals surface area (Å²) in [6.45, 7) is 0. The fourth-order valence-electron chi connectivity index (χ4n) is 1.26. The molecule has 0 saturated heterocycles. The normalized spacial score (nSPS) is 11.6. The fourth-order valence-corrected chi connectivity index (χ4v) is 2.98. The van der Waals surface area contributed by atoms with Gasteiger partial charge in [0, 0.05) is 11.9 Å². The Morgan fingerprint density at radius 1 is 1.53 bits per heavy atom. The molecule has 0 aliphatic rings. The van der Waals surface area contributed by atoms with E-state index >= 15 is 0 Å². The van der Waals surface area contributed by atoms with Crippen molar-refractivity contribution in [1.29, 1.82) is 0 Å². The lowest BCUT2D eigenvalue weighted by Crippen LogP contribution is -2.15. The maximum Gasteiger partial charge on any atom is 0.188 e. The third-order valence-corrected chi connectivity index (χ3v) is 4.27. The van der Waals surface area contributed by atoms with E-state index in [0.717, 1.165) is 11.3 Å². The predicted octanol–water partition coefficient (Wildman–Crippen LogP) is 2.53. The van der Waals surface area contributed by atoms with Crippen LogP contribution in [-0.2, 0) is 5.75 Å². The van der Waals surface area contributed by atoms with Gasteiger partial charge >= 0.3 is 0 Å². The smallest absolute Gasteiger partial charge is 0.188 e. The molecule has 4 nitrogen and oxygen atoms in total. The Morgan fingerprint density at radius 2 is 2.41 bits per heavy atom. The molecule has 2 aromatic heterocycles. The Morgan fingerprint density at radius 3 is 3.12 bits per heavy atom. The number of pyridine rings is 1. The molecule has 2 heterocycles. The summed E-state index contributed by atoms with van der Waals surface area (Å²) in [5.41, 5.74) is 7.08. The third-order valence-electron chi connectivity index (χ3n) is 2.07. The largest absolute Gasteiger partial charge is 0.409 e. The van der Waals surface area contributed by atoms with Gasteiger partial charge < -0.3 is 10.9 Å². The first-order valence-electron chi connectivity index (χ1n) is 4.88. The summed E-state index contributed by atoms with van der Waals surface area (Å²) in [6.07, 6.45) is 1.66. The average molecular weight is 265 g/mol. The highest BCUT2D eigenvalue weighted by Gasteiger charge is 2.03. The van der Waals surface area contributed by atoms with Gasteiger partial charge in [-0.1, -0.05) is 11.2 Å². The molecule has 6 heteroatoms. The predicted molar refractivity (Wildman–Crippen MR) is 70.6 cm³/mol. The lowest BCUT2D eigenvalue weighted by atomic mass is 10.2. The second kappa shape index (κ2) is 5.70. The maximum absolute atomic E-state index is 8.58. The Bertz CT molecular complexity index is 511. The van der Waals surface area contributed by atoms with Crippen molar-refractivity contribution in [2.24, 2.45) is 10.9 Å². The van der Waals surface area contributed by atoms with E-state index in [4.69, 9.17) is 10.9 Å². The molecule has 0 atom stereocenters. The van der Waals surface area contributed by atoms with E-state index in [1.165, 1.54) is 4.21 Å². The van der Waals surface area contributed by atoms with Crippen LogP contribution in [0.15, 0.2) is 45.2 Å². The Balaban J connectivity index is 2.06. The first kappa shape index (κ1) is 11.9. The van der Waals surface area contributed by atoms with E-state index in [1.807, 2.05) is 18.2 Å². The molecule has 0 spiro atoms. The van der Waals surface area contributed by atoms with E-state index < -0.39 is 0 Å². The van der Waals surface area contributed by atoms with Gasteiger partial charge in [-0.05, 0) is 29.1 Å². The van der Waals surface area contributed by atoms with E-state index in [1.54, 1.807) is 29.3 Å². The van der Waals surface area contributed by atoms with Gasteiger partial charge in [-0.2, -0.15) is 0 Å². The summed E-state index contributed by atoms with van der Waals surface area (Å²) in [5, 5.41) is 13.6. The van der Waals surface area contributed by atoms with Gasteiger partial charge in [0.25, 0.3) is 0 Å². The minimum Gasteiger partial charge on any atom is -0.409 e. The number of amidine groups is 1. The Labute approximate surface area is 107 Å². The van der Waals surface area contributed by atoms with Crippen LogP contribution in [0.2, 0.25) is 0 Å². The molecule has 17 heavy (non-hydrogen) atoms. The summed E-state index contributed by atoms with van der Waals surface area (Å²) in [6, 6.07) is 7.87. The van der Waals surface area contributed by atoms with Gasteiger partial charge in [0.2, 0.25) is 0 Å². The number of hydrogen-bond acceptors (Lipinski definition) is 5. The van der Waals surface area contributed by atoms with Crippen molar-refractivity contribution in [3.05, 3.63) is 47.1 Å². The van der Waals surface area contributed by atoms with Crippen molar-refractivity contribution in [3.8, 4) is 0 Å². The second-order valence-electron chi connectivity index (χ2n) is 3.26. The monoisotopic (exact) mass is 265 g/mol. The van der Waals surface area contributed by atoms with Gasteiger partial charge in [0.1, 0.15) is 5.69 Å². The quantitative estimate of drug-likeness (QED) is 0.293. The van der Waals surface area contributed by atoms with Crippen molar-refractivity contribution < 1.29 is 5.21 Å². The highest BCUT2D eigenvalue weighted by Crippen LogP contribution is 2.26. The van der Waals surface area contributed by atoms with Crippen LogP contribution in [0.1, 0.15) is 11.3 Å². The molecule has 0 aromatic carbocycles. The molecule has 3 N–H and O–H groups in total. The first-order valence-corrected chi connectivity index (χ1v) is 6.75. The molecule has 0 amide bonds. The van der Waals surface area contributed by atoms with Gasteiger partial charge in [-0.15, -0.1) is 23.1 Å². The van der Waals surface area contributed by atoms with Crippen molar-refractivity contribution in [2.45, 2.75) is 9.96 Å². The fraction of sp³-hybridized carbons (Fsp3) is 0.0909. The minimum absolute atomic E-state index is 0.0352. The zero-order chi connectivity index (χ0) is 12.1. The van der Waals surface area contributed by atoms with Crippen molar-refractivity contribution >= 4 is 28.9 Å². The molecule has 2 rings (SSSR count). The maximum atomic E-state index is 8.58. The molecule has 0 bridgehead atoms. The van der Waals surface area contributed by atoms with Crippen molar-refractivity contribution in [3.63, 3.8) is 0 Å². The summed E-state index contributed by atoms with van der Waals surface area (Å²) in [5.74, 6) is 0.877. The molecule has 0 aliphatic carbocycles. The van der Waals surface area contributed by atoms with E-state index in [2.05, 4.69) is 21.6 Å². The number of nitrogens with two attached hydrogens (primary N) is 1. The number of aromatic nitrogens is 1. The Hall–Kier alpha value is -1.53. The lowest BCUT2D eigenvalue weighted by molar-refractivity contribution is 0.318. The highest BCUT2D eigenvalue weighted by molar-refractivity contribution is 8.00. The van der Waals surface area contributed by atoms with Crippen LogP contribution in [0.4, 0.5) is 0 Å². The van der Waals surface area contributed by atoms with Gasteiger partial charge in [0.05, 0.1) is 4.21 Å². The van der Waals surface area contributed by atoms with Crippen molar-refractivity contribution in [1.82, 2.24) is 4.98 Å². The van der Waals surface area contributed by atoms with Crippen LogP contribution in [0.5, 0.6) is 0 Å². The topological polar surface area (TPSA) is 71.5 Å². The molecule has 0 aliphatic heterocycles. The first-order chi connectivity index (χ1) is 8.29. The zero-order valence-corrected chi connectivity index (χ0v) is 10.5. The molecular weight excluding hydrogens is 254 g/mol. The van der Waals surface area contributed by atoms with Gasteiger partial charge in [-0.25, -0.2) is 0 Å². The van der Waals surface area contributed by atoms with Crippen LogP contribution in [0, 0.1) is 0 Å². The number of hydrogen-bond donors (Lipinski definition) is 2. The molecular formula is C11H11N3OS2. The van der Waals surface area contributed by atoms with E-state index in [0.29, 0.717) is 5.69 Å². The molecule has 0 radical (unpaired) electrons. The van der Waals surface area contributed by atoms with Crippen LogP contribution < -0.4 is 5.73 Å². The summed E-state index contributed by atoms with van der Waals surface area (Å²) in [7, 11) is 0. The third kappa shape index (κ3) is 3.21. The van der Waals surface area contributed by atoms with E-state index in [-0.39, 0.29) is 5.84 Å². The number of rotatable bonds is 4. The molecule has 88 valence electrons. The number of thiophene rings is 1. The molecule has 0 saturated carbocycles. The zero-order valence-electron chi connectivity index (χ0n) is 8.91. The van der Waals surface area contributed by atoms with Gasteiger partial charge in [-0.3, -0.25) is 4.98 Å². The second-order valence-corrected chi connectivity index (χ2v) is 5.48. The minimum atomic E-state index is 0.0352. The summed E-state index contributed by atoms with van der Waals surface area (Å²) in [4.78, 5) is 4.03. The van der Waals surface area contributed by atoms with Crippen LogP contribution >= 0.6 is 23.1 Å². The van der Waals surface area contributed by atoms with Crippen LogP contribution in [-0.4, -0.2) is 16.0 Å². The van der Waals surface area contributed by atoms with E-state index in [9.17, 15) is 0 Å². The highest BCUT2D eigenvalue weighted by atomic mass is 32.2. The molecule has 0 unspecified atom stereocenters. The summed E-state index contributed by atoms with van der Waals surface area (Å²) < 4.78 is 1.27. The SMILES string of the molecule is NC(=NO)c1cc(CSc2cccs2)ccn1. The number of nitrogens with zero attached hydrogens (tertiary/aromatic N) is 2. The number of thioether (sulfide) groups is 1. The standard InChI is InChI=1S/C11H11N3OS2/c12-11(14-15)9-6-8(3-4-13-9)7-17-10-2-1-5-16-10/h1-6,15H,7H2,(H2,12,14). The van der Waals surface area contributed by atoms with Crippen LogP contribution in [0.25, 0.3) is 0 Å². The van der Waals surface area contributed by atoms with Crippen LogP contribution in [0.3, 0.4) is 0 Å². The van der Waals surface area contributed by atoms with Gasteiger partial charge in [0.15, 0.2) is 5.84 Å². The Kier molecular flexibility index (Phi) is 4.00. The van der Waals surface area contributed by atoms with Crippen molar-refractivity contribution in [2.75, 3.05) is 0 Å². The lowest BCUT2D eigenvalue weighted by Gasteiger charge is -2.02. The molecule has 2 aromatic rings. The number of oxime groups is 1. The molecule has 0 fully saturated rings.